The molecule has 0 spiro atoms. The number of hydrogen-bond donors (Lipinski definition) is 1. The normalized spacial score (nSPS) is 10.6. The summed E-state index contributed by atoms with van der Waals surface area (Å²) in [5, 5.41) is 7.77. The minimum atomic E-state index is -0.340. The maximum Gasteiger partial charge on any atom is 0.261 e. The molecule has 1 N–H and O–H groups in total. The summed E-state index contributed by atoms with van der Waals surface area (Å²) >= 11 is 0. The second kappa shape index (κ2) is 7.22. The predicted molar refractivity (Wildman–Crippen MR) is 97.1 cm³/mol. The number of anilines is 1. The SMILES string of the molecule is COc1nn(C)cc1C(=O)N(C)CC(=O)Nc1ccc2ncccc2c1. The molecule has 8 nitrogen and oxygen atoms in total. The van der Waals surface area contributed by atoms with Gasteiger partial charge < -0.3 is 15.0 Å². The van der Waals surface area contributed by atoms with E-state index in [2.05, 4.69) is 15.4 Å². The minimum Gasteiger partial charge on any atom is -0.479 e. The lowest BCUT2D eigenvalue weighted by Crippen LogP contribution is -2.35. The Labute approximate surface area is 150 Å². The van der Waals surface area contributed by atoms with Gasteiger partial charge >= 0.3 is 0 Å². The second-order valence-electron chi connectivity index (χ2n) is 5.85. The molecule has 0 unspecified atom stereocenters. The van der Waals surface area contributed by atoms with Crippen LogP contribution in [0.3, 0.4) is 0 Å². The zero-order chi connectivity index (χ0) is 18.7. The van der Waals surface area contributed by atoms with Crippen LogP contribution >= 0.6 is 0 Å². The molecule has 3 aromatic rings. The summed E-state index contributed by atoms with van der Waals surface area (Å²) in [7, 11) is 4.69. The molecule has 0 radical (unpaired) electrons. The Morgan fingerprint density at radius 1 is 1.31 bits per heavy atom. The minimum absolute atomic E-state index is 0.0953. The fourth-order valence-corrected chi connectivity index (χ4v) is 2.61. The monoisotopic (exact) mass is 353 g/mol. The standard InChI is InChI=1S/C18H19N5O3/c1-22(18(25)14-10-23(2)21-17(14)26-3)11-16(24)20-13-6-7-15-12(9-13)5-4-8-19-15/h4-10H,11H2,1-3H3,(H,20,24). The first-order valence-electron chi connectivity index (χ1n) is 7.95. The number of ether oxygens (including phenoxy) is 1. The van der Waals surface area contributed by atoms with Crippen LogP contribution in [0.4, 0.5) is 5.69 Å². The van der Waals surface area contributed by atoms with Gasteiger partial charge in [-0.25, -0.2) is 0 Å². The summed E-state index contributed by atoms with van der Waals surface area (Å²) in [6.45, 7) is -0.0953. The van der Waals surface area contributed by atoms with Gasteiger partial charge in [0.15, 0.2) is 0 Å². The number of carbonyl (C=O) groups is 2. The van der Waals surface area contributed by atoms with Gasteiger partial charge in [0.2, 0.25) is 11.8 Å². The Bertz CT molecular complexity index is 966. The summed E-state index contributed by atoms with van der Waals surface area (Å²) in [6.07, 6.45) is 3.28. The predicted octanol–water partition coefficient (Wildman–Crippen LogP) is 1.69. The molecule has 8 heteroatoms. The van der Waals surface area contributed by atoms with Gasteiger partial charge in [-0.1, -0.05) is 6.07 Å². The molecule has 134 valence electrons. The molecule has 2 heterocycles. The van der Waals surface area contributed by atoms with Crippen LogP contribution in [0.25, 0.3) is 10.9 Å². The molecular formula is C18H19N5O3. The number of nitrogens with one attached hydrogen (secondary N) is 1. The van der Waals surface area contributed by atoms with Crippen molar-refractivity contribution in [2.45, 2.75) is 0 Å². The van der Waals surface area contributed by atoms with Gasteiger partial charge in [0.1, 0.15) is 5.56 Å². The van der Waals surface area contributed by atoms with E-state index in [4.69, 9.17) is 4.74 Å². The van der Waals surface area contributed by atoms with E-state index in [1.165, 1.54) is 16.7 Å². The first-order valence-corrected chi connectivity index (χ1v) is 7.95. The highest BCUT2D eigenvalue weighted by Gasteiger charge is 2.21. The molecule has 0 bridgehead atoms. The Morgan fingerprint density at radius 2 is 2.12 bits per heavy atom. The average Bonchev–Trinajstić information content (AvgIpc) is 3.01. The Morgan fingerprint density at radius 3 is 2.88 bits per heavy atom. The second-order valence-corrected chi connectivity index (χ2v) is 5.85. The summed E-state index contributed by atoms with van der Waals surface area (Å²) in [6, 6.07) is 9.20. The summed E-state index contributed by atoms with van der Waals surface area (Å²) in [5.74, 6) is -0.411. The topological polar surface area (TPSA) is 89.4 Å². The van der Waals surface area contributed by atoms with Crippen LogP contribution in [-0.2, 0) is 11.8 Å². The quantitative estimate of drug-likeness (QED) is 0.754. The number of carbonyl (C=O) groups excluding carboxylic acids is 2. The van der Waals surface area contributed by atoms with Gasteiger partial charge in [0.25, 0.3) is 5.91 Å². The highest BCUT2D eigenvalue weighted by atomic mass is 16.5. The largest absolute Gasteiger partial charge is 0.479 e. The number of rotatable bonds is 5. The fourth-order valence-electron chi connectivity index (χ4n) is 2.61. The highest BCUT2D eigenvalue weighted by molar-refractivity contribution is 6.00. The lowest BCUT2D eigenvalue weighted by atomic mass is 10.2. The van der Waals surface area contributed by atoms with Gasteiger partial charge in [-0.05, 0) is 24.3 Å². The molecule has 0 fully saturated rings. The Kier molecular flexibility index (Phi) is 4.83. The number of methoxy groups -OCH3 is 1. The molecule has 2 amide bonds. The number of fused-ring (bicyclic) bond motifs is 1. The van der Waals surface area contributed by atoms with Gasteiger partial charge in [-0.2, -0.15) is 0 Å². The van der Waals surface area contributed by atoms with Gasteiger partial charge in [0.05, 0.1) is 19.2 Å². The summed E-state index contributed by atoms with van der Waals surface area (Å²) in [4.78, 5) is 30.3. The van der Waals surface area contributed by atoms with Crippen molar-refractivity contribution in [2.24, 2.45) is 7.05 Å². The smallest absolute Gasteiger partial charge is 0.261 e. The van der Waals surface area contributed by atoms with Crippen LogP contribution in [-0.4, -0.2) is 52.2 Å². The van der Waals surface area contributed by atoms with Gasteiger partial charge in [-0.3, -0.25) is 19.3 Å². The van der Waals surface area contributed by atoms with Crippen LogP contribution in [0.1, 0.15) is 10.4 Å². The number of benzene rings is 1. The zero-order valence-electron chi connectivity index (χ0n) is 14.8. The van der Waals surface area contributed by atoms with Crippen molar-refractivity contribution in [1.29, 1.82) is 0 Å². The van der Waals surface area contributed by atoms with Crippen molar-refractivity contribution in [1.82, 2.24) is 19.7 Å². The van der Waals surface area contributed by atoms with Crippen LogP contribution in [0.15, 0.2) is 42.7 Å². The van der Waals surface area contributed by atoms with Crippen LogP contribution in [0.5, 0.6) is 5.88 Å². The summed E-state index contributed by atoms with van der Waals surface area (Å²) in [5.41, 5.74) is 1.80. The van der Waals surface area contributed by atoms with Crippen molar-refractivity contribution in [3.05, 3.63) is 48.3 Å². The van der Waals surface area contributed by atoms with Gasteiger partial charge in [0, 0.05) is 37.6 Å². The molecule has 0 saturated carbocycles. The number of nitrogens with zero attached hydrogens (tertiary/aromatic N) is 4. The maximum absolute atomic E-state index is 12.5. The molecule has 0 atom stereocenters. The third kappa shape index (κ3) is 3.64. The first-order chi connectivity index (χ1) is 12.5. The Hall–Kier alpha value is -3.42. The number of likely N-dealkylation sites (N-methyl/N-ethyl adjacent to an activating group) is 1. The number of aromatic nitrogens is 3. The van der Waals surface area contributed by atoms with E-state index in [0.717, 1.165) is 10.9 Å². The lowest BCUT2D eigenvalue weighted by Gasteiger charge is -2.16. The van der Waals surface area contributed by atoms with E-state index in [0.29, 0.717) is 11.3 Å². The maximum atomic E-state index is 12.5. The van der Waals surface area contributed by atoms with Crippen LogP contribution < -0.4 is 10.1 Å². The lowest BCUT2D eigenvalue weighted by molar-refractivity contribution is -0.116. The third-order valence-electron chi connectivity index (χ3n) is 3.83. The van der Waals surface area contributed by atoms with Crippen molar-refractivity contribution >= 4 is 28.4 Å². The molecule has 0 saturated heterocycles. The van der Waals surface area contributed by atoms with Gasteiger partial charge in [-0.15, -0.1) is 5.10 Å². The molecule has 1 aromatic carbocycles. The molecule has 3 rings (SSSR count). The molecule has 0 aliphatic heterocycles. The van der Waals surface area contributed by atoms with E-state index in [1.54, 1.807) is 32.6 Å². The van der Waals surface area contributed by atoms with Crippen molar-refractivity contribution in [2.75, 3.05) is 26.0 Å². The molecule has 26 heavy (non-hydrogen) atoms. The average molecular weight is 353 g/mol. The summed E-state index contributed by atoms with van der Waals surface area (Å²) < 4.78 is 6.58. The van der Waals surface area contributed by atoms with E-state index in [-0.39, 0.29) is 24.2 Å². The van der Waals surface area contributed by atoms with Crippen molar-refractivity contribution in [3.8, 4) is 5.88 Å². The van der Waals surface area contributed by atoms with E-state index < -0.39 is 0 Å². The third-order valence-corrected chi connectivity index (χ3v) is 3.83. The number of pyridine rings is 1. The van der Waals surface area contributed by atoms with Crippen molar-refractivity contribution in [3.63, 3.8) is 0 Å². The van der Waals surface area contributed by atoms with Crippen molar-refractivity contribution < 1.29 is 14.3 Å². The first kappa shape index (κ1) is 17.4. The fraction of sp³-hybridized carbons (Fsp3) is 0.222. The number of aryl methyl sites for hydroxylation is 1. The molecule has 2 aromatic heterocycles. The zero-order valence-corrected chi connectivity index (χ0v) is 14.8. The van der Waals surface area contributed by atoms with Crippen LogP contribution in [0.2, 0.25) is 0 Å². The molecular weight excluding hydrogens is 334 g/mol. The molecule has 0 aliphatic rings. The Balaban J connectivity index is 1.67. The van der Waals surface area contributed by atoms with E-state index >= 15 is 0 Å². The molecule has 0 aliphatic carbocycles. The number of hydrogen-bond acceptors (Lipinski definition) is 5. The van der Waals surface area contributed by atoms with E-state index in [9.17, 15) is 9.59 Å². The highest BCUT2D eigenvalue weighted by Crippen LogP contribution is 2.18. The number of amides is 2. The van der Waals surface area contributed by atoms with E-state index in [1.807, 2.05) is 24.3 Å². The van der Waals surface area contributed by atoms with Crippen LogP contribution in [0, 0.1) is 0 Å².